The van der Waals surface area contributed by atoms with Crippen LogP contribution in [0.1, 0.15) is 31.9 Å². The van der Waals surface area contributed by atoms with Crippen LogP contribution in [-0.2, 0) is 32.6 Å². The Hall–Kier alpha value is -3.92. The van der Waals surface area contributed by atoms with Gasteiger partial charge in [-0.2, -0.15) is 0 Å². The maximum absolute atomic E-state index is 15.0. The number of carbonyl (C=O) groups excluding carboxylic acids is 2. The molecule has 0 heterocycles. The van der Waals surface area contributed by atoms with Crippen molar-refractivity contribution in [2.24, 2.45) is 0 Å². The van der Waals surface area contributed by atoms with Crippen molar-refractivity contribution in [2.75, 3.05) is 10.8 Å². The highest BCUT2D eigenvalue weighted by molar-refractivity contribution is 7.92. The van der Waals surface area contributed by atoms with Crippen LogP contribution in [-0.4, -0.2) is 43.3 Å². The lowest BCUT2D eigenvalue weighted by molar-refractivity contribution is -0.140. The van der Waals surface area contributed by atoms with Crippen molar-refractivity contribution >= 4 is 50.7 Å². The molecule has 236 valence electrons. The molecule has 0 fully saturated rings. The summed E-state index contributed by atoms with van der Waals surface area (Å²) in [4.78, 5) is 29.5. The van der Waals surface area contributed by atoms with E-state index >= 15 is 4.39 Å². The third kappa shape index (κ3) is 8.84. The van der Waals surface area contributed by atoms with Gasteiger partial charge in [0.15, 0.2) is 0 Å². The molecular weight excluding hydrogens is 636 g/mol. The Kier molecular flexibility index (Phi) is 10.9. The lowest BCUT2D eigenvalue weighted by Gasteiger charge is -2.35. The quantitative estimate of drug-likeness (QED) is 0.189. The molecule has 1 atom stereocenters. The summed E-state index contributed by atoms with van der Waals surface area (Å²) in [5.74, 6) is -1.79. The fourth-order valence-electron chi connectivity index (χ4n) is 4.73. The standard InChI is InChI=1S/C34H34Cl2FN3O4S/c1-34(2,3)38-33(42)31(20-24-12-6-4-7-13-24)39(22-25-14-10-11-17-29(25)37)32(41)23-40(30-19-18-26(35)21-28(30)36)45(43,44)27-15-8-5-9-16-27/h4-19,21,31H,20,22-23H2,1-3H3,(H,38,42)/t31-/m0/s1. The van der Waals surface area contributed by atoms with E-state index in [9.17, 15) is 18.0 Å². The Bertz CT molecular complexity index is 1750. The number of rotatable bonds is 11. The number of halogens is 3. The van der Waals surface area contributed by atoms with Crippen LogP contribution >= 0.6 is 23.2 Å². The van der Waals surface area contributed by atoms with Gasteiger partial charge in [0.1, 0.15) is 18.4 Å². The highest BCUT2D eigenvalue weighted by Gasteiger charge is 2.36. The van der Waals surface area contributed by atoms with E-state index in [0.717, 1.165) is 9.87 Å². The number of nitrogens with one attached hydrogen (secondary N) is 1. The maximum Gasteiger partial charge on any atom is 0.264 e. The van der Waals surface area contributed by atoms with Crippen molar-refractivity contribution in [3.63, 3.8) is 0 Å². The van der Waals surface area contributed by atoms with E-state index in [1.807, 2.05) is 51.1 Å². The Morgan fingerprint density at radius 2 is 1.47 bits per heavy atom. The van der Waals surface area contributed by atoms with Gasteiger partial charge in [-0.25, -0.2) is 12.8 Å². The molecule has 7 nitrogen and oxygen atoms in total. The van der Waals surface area contributed by atoms with Crippen molar-refractivity contribution in [2.45, 2.75) is 50.2 Å². The molecule has 4 aromatic carbocycles. The Morgan fingerprint density at radius 3 is 2.07 bits per heavy atom. The zero-order valence-electron chi connectivity index (χ0n) is 25.1. The molecule has 1 N–H and O–H groups in total. The van der Waals surface area contributed by atoms with Crippen LogP contribution in [0, 0.1) is 5.82 Å². The number of benzene rings is 4. The molecule has 0 bridgehead atoms. The van der Waals surface area contributed by atoms with Crippen LogP contribution in [0.3, 0.4) is 0 Å². The lowest BCUT2D eigenvalue weighted by Crippen LogP contribution is -2.56. The van der Waals surface area contributed by atoms with Crippen molar-refractivity contribution in [3.05, 3.63) is 130 Å². The summed E-state index contributed by atoms with van der Waals surface area (Å²) >= 11 is 12.6. The van der Waals surface area contributed by atoms with E-state index in [2.05, 4.69) is 5.32 Å². The van der Waals surface area contributed by atoms with Crippen LogP contribution < -0.4 is 9.62 Å². The van der Waals surface area contributed by atoms with Gasteiger partial charge in [-0.05, 0) is 62.7 Å². The fraction of sp³-hybridized carbons (Fsp3) is 0.235. The minimum atomic E-state index is -4.35. The fourth-order valence-corrected chi connectivity index (χ4v) is 6.75. The summed E-state index contributed by atoms with van der Waals surface area (Å²) in [6.07, 6.45) is 0.0933. The molecule has 0 saturated carbocycles. The molecule has 45 heavy (non-hydrogen) atoms. The molecule has 0 aliphatic rings. The molecule has 0 unspecified atom stereocenters. The summed E-state index contributed by atoms with van der Waals surface area (Å²) in [5.41, 5.74) is 0.280. The van der Waals surface area contributed by atoms with Gasteiger partial charge in [-0.15, -0.1) is 0 Å². The van der Waals surface area contributed by atoms with Gasteiger partial charge >= 0.3 is 0 Å². The van der Waals surface area contributed by atoms with E-state index in [0.29, 0.717) is 0 Å². The van der Waals surface area contributed by atoms with Crippen molar-refractivity contribution < 1.29 is 22.4 Å². The highest BCUT2D eigenvalue weighted by Crippen LogP contribution is 2.33. The topological polar surface area (TPSA) is 86.8 Å². The highest BCUT2D eigenvalue weighted by atomic mass is 35.5. The lowest BCUT2D eigenvalue weighted by atomic mass is 10.0. The van der Waals surface area contributed by atoms with Gasteiger partial charge in [0.25, 0.3) is 10.0 Å². The zero-order valence-corrected chi connectivity index (χ0v) is 27.4. The predicted octanol–water partition coefficient (Wildman–Crippen LogP) is 6.88. The van der Waals surface area contributed by atoms with E-state index in [4.69, 9.17) is 23.2 Å². The van der Waals surface area contributed by atoms with Crippen LogP contribution in [0.5, 0.6) is 0 Å². The number of hydrogen-bond acceptors (Lipinski definition) is 4. The van der Waals surface area contributed by atoms with Crippen LogP contribution in [0.15, 0.2) is 108 Å². The van der Waals surface area contributed by atoms with Crippen molar-refractivity contribution in [1.29, 1.82) is 0 Å². The molecule has 4 aromatic rings. The van der Waals surface area contributed by atoms with E-state index in [-0.39, 0.29) is 39.2 Å². The number of sulfonamides is 1. The minimum absolute atomic E-state index is 0.00164. The van der Waals surface area contributed by atoms with Crippen LogP contribution in [0.25, 0.3) is 0 Å². The number of nitrogens with zero attached hydrogens (tertiary/aromatic N) is 2. The van der Waals surface area contributed by atoms with Crippen LogP contribution in [0.4, 0.5) is 10.1 Å². The Morgan fingerprint density at radius 1 is 0.867 bits per heavy atom. The zero-order chi connectivity index (χ0) is 32.8. The number of hydrogen-bond donors (Lipinski definition) is 1. The van der Waals surface area contributed by atoms with E-state index in [1.165, 1.54) is 53.4 Å². The second-order valence-electron chi connectivity index (χ2n) is 11.5. The SMILES string of the molecule is CC(C)(C)NC(=O)[C@H](Cc1ccccc1)N(Cc1ccccc1F)C(=O)CN(c1ccc(Cl)cc1Cl)S(=O)(=O)c1ccccc1. The predicted molar refractivity (Wildman–Crippen MR) is 176 cm³/mol. The summed E-state index contributed by atoms with van der Waals surface area (Å²) < 4.78 is 44.0. The van der Waals surface area contributed by atoms with Gasteiger partial charge < -0.3 is 10.2 Å². The average Bonchev–Trinajstić information content (AvgIpc) is 2.99. The van der Waals surface area contributed by atoms with Gasteiger partial charge in [-0.3, -0.25) is 13.9 Å². The monoisotopic (exact) mass is 669 g/mol. The van der Waals surface area contributed by atoms with Gasteiger partial charge in [0.2, 0.25) is 11.8 Å². The Labute approximate surface area is 273 Å². The molecule has 0 aliphatic carbocycles. The van der Waals surface area contributed by atoms with Gasteiger partial charge in [0, 0.05) is 29.1 Å². The van der Waals surface area contributed by atoms with E-state index < -0.39 is 45.8 Å². The van der Waals surface area contributed by atoms with Crippen molar-refractivity contribution in [3.8, 4) is 0 Å². The molecule has 0 radical (unpaired) electrons. The summed E-state index contributed by atoms with van der Waals surface area (Å²) in [7, 11) is -4.35. The summed E-state index contributed by atoms with van der Waals surface area (Å²) in [6, 6.07) is 25.8. The molecule has 11 heteroatoms. The van der Waals surface area contributed by atoms with Crippen molar-refractivity contribution in [1.82, 2.24) is 10.2 Å². The third-order valence-corrected chi connectivity index (χ3v) is 9.17. The second-order valence-corrected chi connectivity index (χ2v) is 14.2. The largest absolute Gasteiger partial charge is 0.350 e. The molecule has 4 rings (SSSR count). The summed E-state index contributed by atoms with van der Waals surface area (Å²) in [5, 5.41) is 3.21. The Balaban J connectivity index is 1.84. The molecule has 0 aliphatic heterocycles. The number of carbonyl (C=O) groups is 2. The first-order valence-electron chi connectivity index (χ1n) is 14.2. The molecule has 0 aromatic heterocycles. The minimum Gasteiger partial charge on any atom is -0.350 e. The van der Waals surface area contributed by atoms with Gasteiger partial charge in [-0.1, -0.05) is 89.9 Å². The third-order valence-electron chi connectivity index (χ3n) is 6.86. The maximum atomic E-state index is 15.0. The normalized spacial score (nSPS) is 12.3. The second kappa shape index (κ2) is 14.5. The first-order valence-corrected chi connectivity index (χ1v) is 16.4. The molecular formula is C34H34Cl2FN3O4S. The molecule has 0 spiro atoms. The van der Waals surface area contributed by atoms with Crippen LogP contribution in [0.2, 0.25) is 10.0 Å². The smallest absolute Gasteiger partial charge is 0.264 e. The number of anilines is 1. The van der Waals surface area contributed by atoms with E-state index in [1.54, 1.807) is 24.3 Å². The molecule has 2 amide bonds. The number of amides is 2. The first kappa shape index (κ1) is 34.0. The van der Waals surface area contributed by atoms with Gasteiger partial charge in [0.05, 0.1) is 15.6 Å². The summed E-state index contributed by atoms with van der Waals surface area (Å²) in [6.45, 7) is 4.40. The molecule has 0 saturated heterocycles. The average molecular weight is 671 g/mol. The first-order chi connectivity index (χ1) is 21.3.